The lowest BCUT2D eigenvalue weighted by Gasteiger charge is -2.06. The van der Waals surface area contributed by atoms with Crippen LogP contribution in [0.4, 0.5) is 0 Å². The van der Waals surface area contributed by atoms with E-state index < -0.39 is 15.2 Å². The Morgan fingerprint density at radius 3 is 1.27 bits per heavy atom. The zero-order chi connectivity index (χ0) is 20.3. The Morgan fingerprint density at radius 2 is 1.00 bits per heavy atom. The molecule has 0 aliphatic rings. The molecule has 0 aromatic carbocycles. The van der Waals surface area contributed by atoms with Gasteiger partial charge >= 0.3 is 15.2 Å². The summed E-state index contributed by atoms with van der Waals surface area (Å²) in [6.45, 7) is 11.4. The molecule has 0 aliphatic carbocycles. The van der Waals surface area contributed by atoms with Crippen LogP contribution in [0, 0.1) is 0 Å². The Labute approximate surface area is 159 Å². The van der Waals surface area contributed by atoms with Gasteiger partial charge in [-0.15, -0.1) is 0 Å². The minimum atomic E-state index is -3.47. The third kappa shape index (κ3) is 21.8. The first-order chi connectivity index (χ1) is 12.2. The second kappa shape index (κ2) is 18.2. The first-order valence-electron chi connectivity index (χ1n) is 9.45. The van der Waals surface area contributed by atoms with Crippen molar-refractivity contribution in [2.45, 2.75) is 78.1 Å². The van der Waals surface area contributed by atoms with E-state index in [0.717, 1.165) is 37.3 Å². The SMILES string of the molecule is C=CP(=O)(O)OCCCCCCC.C=CP(=O)(O)OCCCCCCC. The van der Waals surface area contributed by atoms with Crippen LogP contribution in [0.15, 0.2) is 24.8 Å². The van der Waals surface area contributed by atoms with Crippen LogP contribution in [0.5, 0.6) is 0 Å². The highest BCUT2D eigenvalue weighted by atomic mass is 31.2. The van der Waals surface area contributed by atoms with Gasteiger partial charge in [-0.1, -0.05) is 78.4 Å². The molecule has 0 heterocycles. The van der Waals surface area contributed by atoms with Gasteiger partial charge in [-0.05, 0) is 12.8 Å². The van der Waals surface area contributed by atoms with Crippen LogP contribution >= 0.6 is 15.2 Å². The fourth-order valence-electron chi connectivity index (χ4n) is 1.91. The van der Waals surface area contributed by atoms with Crippen molar-refractivity contribution in [1.82, 2.24) is 0 Å². The molecular formula is C18H38O6P2. The summed E-state index contributed by atoms with van der Waals surface area (Å²) >= 11 is 0. The van der Waals surface area contributed by atoms with Crippen LogP contribution in [0.25, 0.3) is 0 Å². The van der Waals surface area contributed by atoms with E-state index in [1.807, 2.05) is 0 Å². The van der Waals surface area contributed by atoms with Gasteiger partial charge in [-0.3, -0.25) is 9.13 Å². The molecule has 0 bridgehead atoms. The number of hydrogen-bond acceptors (Lipinski definition) is 4. The zero-order valence-corrected chi connectivity index (χ0v) is 18.3. The Kier molecular flexibility index (Phi) is 19.6. The van der Waals surface area contributed by atoms with Crippen LogP contribution < -0.4 is 0 Å². The fourth-order valence-corrected chi connectivity index (χ4v) is 2.90. The predicted molar refractivity (Wildman–Crippen MR) is 109 cm³/mol. The predicted octanol–water partition coefficient (Wildman–Crippen LogP) is 6.60. The van der Waals surface area contributed by atoms with Crippen LogP contribution in [0.2, 0.25) is 0 Å². The lowest BCUT2D eigenvalue weighted by molar-refractivity contribution is 0.260. The van der Waals surface area contributed by atoms with E-state index >= 15 is 0 Å². The number of rotatable bonds is 16. The van der Waals surface area contributed by atoms with Gasteiger partial charge in [0.2, 0.25) is 0 Å². The lowest BCUT2D eigenvalue weighted by Crippen LogP contribution is -1.91. The molecule has 0 radical (unpaired) electrons. The summed E-state index contributed by atoms with van der Waals surface area (Å²) in [6.07, 6.45) is 11.0. The molecular weight excluding hydrogens is 374 g/mol. The van der Waals surface area contributed by atoms with Crippen molar-refractivity contribution in [2.75, 3.05) is 13.2 Å². The van der Waals surface area contributed by atoms with E-state index in [1.165, 1.54) is 38.5 Å². The van der Waals surface area contributed by atoms with Crippen molar-refractivity contribution in [2.24, 2.45) is 0 Å². The average molecular weight is 412 g/mol. The molecule has 6 nitrogen and oxygen atoms in total. The molecule has 2 unspecified atom stereocenters. The molecule has 26 heavy (non-hydrogen) atoms. The molecule has 0 aromatic rings. The molecule has 2 atom stereocenters. The molecule has 2 N–H and O–H groups in total. The molecule has 0 saturated heterocycles. The van der Waals surface area contributed by atoms with E-state index in [0.29, 0.717) is 13.2 Å². The Hall–Kier alpha value is -0.220. The summed E-state index contributed by atoms with van der Waals surface area (Å²) in [6, 6.07) is 0. The molecule has 0 amide bonds. The summed E-state index contributed by atoms with van der Waals surface area (Å²) in [4.78, 5) is 17.9. The molecule has 8 heteroatoms. The van der Waals surface area contributed by atoms with Gasteiger partial charge in [-0.25, -0.2) is 0 Å². The van der Waals surface area contributed by atoms with Gasteiger partial charge in [-0.2, -0.15) is 0 Å². The molecule has 0 aromatic heterocycles. The maximum atomic E-state index is 10.9. The normalized spacial score (nSPS) is 15.2. The largest absolute Gasteiger partial charge is 0.351 e. The summed E-state index contributed by atoms with van der Waals surface area (Å²) in [5.74, 6) is 1.94. The van der Waals surface area contributed by atoms with Crippen molar-refractivity contribution in [1.29, 1.82) is 0 Å². The van der Waals surface area contributed by atoms with E-state index in [2.05, 4.69) is 27.0 Å². The Balaban J connectivity index is 0. The first kappa shape index (κ1) is 28.0. The minimum Gasteiger partial charge on any atom is -0.321 e. The summed E-state index contributed by atoms with van der Waals surface area (Å²) in [7, 11) is -6.93. The monoisotopic (exact) mass is 412 g/mol. The van der Waals surface area contributed by atoms with Gasteiger partial charge in [0.1, 0.15) is 0 Å². The van der Waals surface area contributed by atoms with Crippen molar-refractivity contribution in [3.05, 3.63) is 24.8 Å². The van der Waals surface area contributed by atoms with E-state index in [9.17, 15) is 9.13 Å². The van der Waals surface area contributed by atoms with Crippen LogP contribution in [-0.4, -0.2) is 23.0 Å². The van der Waals surface area contributed by atoms with Crippen molar-refractivity contribution in [3.63, 3.8) is 0 Å². The van der Waals surface area contributed by atoms with Gasteiger partial charge in [0.15, 0.2) is 0 Å². The summed E-state index contributed by atoms with van der Waals surface area (Å²) in [5, 5.41) is 0. The molecule has 0 aliphatic heterocycles. The quantitative estimate of drug-likeness (QED) is 0.219. The van der Waals surface area contributed by atoms with E-state index in [4.69, 9.17) is 18.8 Å². The number of unbranched alkanes of at least 4 members (excludes halogenated alkanes) is 8. The topological polar surface area (TPSA) is 93.1 Å². The maximum Gasteiger partial charge on any atom is 0.351 e. The zero-order valence-electron chi connectivity index (χ0n) is 16.5. The van der Waals surface area contributed by atoms with E-state index in [-0.39, 0.29) is 0 Å². The van der Waals surface area contributed by atoms with Crippen molar-refractivity contribution in [3.8, 4) is 0 Å². The first-order valence-corrected chi connectivity index (χ1v) is 12.7. The third-order valence-corrected chi connectivity index (χ3v) is 5.54. The summed E-state index contributed by atoms with van der Waals surface area (Å²) < 4.78 is 31.3. The second-order valence-electron chi connectivity index (χ2n) is 5.99. The Bertz CT molecular complexity index is 399. The third-order valence-electron chi connectivity index (χ3n) is 3.51. The van der Waals surface area contributed by atoms with Gasteiger partial charge in [0.05, 0.1) is 13.2 Å². The van der Waals surface area contributed by atoms with Crippen LogP contribution in [-0.2, 0) is 18.2 Å². The lowest BCUT2D eigenvalue weighted by atomic mass is 10.2. The van der Waals surface area contributed by atoms with Crippen molar-refractivity contribution < 1.29 is 28.0 Å². The highest BCUT2D eigenvalue weighted by Gasteiger charge is 2.12. The maximum absolute atomic E-state index is 10.9. The molecule has 156 valence electrons. The van der Waals surface area contributed by atoms with Crippen molar-refractivity contribution >= 4 is 15.2 Å². The fraction of sp³-hybridized carbons (Fsp3) is 0.778. The Morgan fingerprint density at radius 1 is 0.692 bits per heavy atom. The standard InChI is InChI=1S/2C9H19O3P/c2*1-3-5-6-7-8-9-12-13(10,11)4-2/h2*4H,2-3,5-9H2,1H3,(H,10,11). The highest BCUT2D eigenvalue weighted by Crippen LogP contribution is 2.43. The van der Waals surface area contributed by atoms with Gasteiger partial charge in [0, 0.05) is 11.6 Å². The van der Waals surface area contributed by atoms with Crippen LogP contribution in [0.3, 0.4) is 0 Å². The summed E-state index contributed by atoms with van der Waals surface area (Å²) in [5.41, 5.74) is 0. The molecule has 0 fully saturated rings. The smallest absolute Gasteiger partial charge is 0.321 e. The molecule has 0 spiro atoms. The van der Waals surface area contributed by atoms with Crippen LogP contribution in [0.1, 0.15) is 78.1 Å². The van der Waals surface area contributed by atoms with E-state index in [1.54, 1.807) is 0 Å². The molecule has 0 saturated carbocycles. The van der Waals surface area contributed by atoms with Gasteiger partial charge < -0.3 is 18.8 Å². The highest BCUT2D eigenvalue weighted by molar-refractivity contribution is 7.56. The number of hydrogen-bond donors (Lipinski definition) is 2. The molecule has 0 rings (SSSR count). The average Bonchev–Trinajstić information content (AvgIpc) is 2.61. The minimum absolute atomic E-state index is 0.351. The van der Waals surface area contributed by atoms with Gasteiger partial charge in [0.25, 0.3) is 0 Å². The second-order valence-corrected chi connectivity index (χ2v) is 9.49.